The number of aromatic nitrogens is 2. The van der Waals surface area contributed by atoms with Crippen LogP contribution < -0.4 is 21.1 Å². The predicted octanol–water partition coefficient (Wildman–Crippen LogP) is 6.79. The van der Waals surface area contributed by atoms with Crippen molar-refractivity contribution in [1.29, 1.82) is 0 Å². The average Bonchev–Trinajstić information content (AvgIpc) is 3.01. The quantitative estimate of drug-likeness (QED) is 0.209. The maximum absolute atomic E-state index is 14.0. The van der Waals surface area contributed by atoms with Gasteiger partial charge in [0.25, 0.3) is 11.5 Å². The highest BCUT2D eigenvalue weighted by molar-refractivity contribution is 6.01. The Morgan fingerprint density at radius 2 is 1.78 bits per heavy atom. The molecule has 3 heterocycles. The van der Waals surface area contributed by atoms with Gasteiger partial charge in [0, 0.05) is 84.6 Å². The molecule has 45 heavy (non-hydrogen) atoms. The lowest BCUT2D eigenvalue weighted by molar-refractivity contribution is 0.0950. The van der Waals surface area contributed by atoms with Crippen LogP contribution in [0.15, 0.2) is 46.9 Å². The Bertz CT molecular complexity index is 1550. The number of aromatic amines is 1. The van der Waals surface area contributed by atoms with Crippen LogP contribution in [0.1, 0.15) is 94.1 Å². The van der Waals surface area contributed by atoms with Crippen LogP contribution in [0.5, 0.6) is 0 Å². The molecule has 1 fully saturated rings. The smallest absolute Gasteiger partial charge is 0.253 e. The van der Waals surface area contributed by atoms with E-state index in [0.29, 0.717) is 17.2 Å². The second-order valence-electron chi connectivity index (χ2n) is 12.9. The average molecular weight is 613 g/mol. The van der Waals surface area contributed by atoms with Crippen molar-refractivity contribution in [3.05, 3.63) is 80.4 Å². The molecule has 1 saturated heterocycles. The zero-order valence-corrected chi connectivity index (χ0v) is 28.5. The summed E-state index contributed by atoms with van der Waals surface area (Å²) in [5.41, 5.74) is 7.63. The number of benzene rings is 1. The Morgan fingerprint density at radius 3 is 2.38 bits per heavy atom. The third-order valence-corrected chi connectivity index (χ3v) is 8.58. The van der Waals surface area contributed by atoms with Crippen LogP contribution in [-0.4, -0.2) is 59.0 Å². The highest BCUT2D eigenvalue weighted by Gasteiger charge is 2.21. The second-order valence-corrected chi connectivity index (χ2v) is 12.9. The van der Waals surface area contributed by atoms with Gasteiger partial charge in [0.05, 0.1) is 0 Å². The number of allylic oxidation sites excluding steroid dienone is 1. The van der Waals surface area contributed by atoms with Crippen LogP contribution in [-0.2, 0) is 13.0 Å². The number of hydrogen-bond acceptors (Lipinski definition) is 6. The fourth-order valence-electron chi connectivity index (χ4n) is 5.89. The lowest BCUT2D eigenvalue weighted by Crippen LogP contribution is -2.49. The van der Waals surface area contributed by atoms with Crippen LogP contribution in [0.2, 0.25) is 0 Å². The highest BCUT2D eigenvalue weighted by Crippen LogP contribution is 2.32. The standard InChI is InChI=1S/C37H52N6O2/c1-9-11-28-19-27(8)41-37(45)33(28)23-39-36(44)32-20-30(21-34(40-24(3)4)31(32)18-26(7)10-2)29-12-13-35(38-22-29)43-16-14-42(15-17-43)25(5)6/h12-13,18-22,24-25,40H,9-11,14-17,23H2,1-8H3,(H,39,44)(H,41,45). The maximum Gasteiger partial charge on any atom is 0.253 e. The molecule has 3 N–H and O–H groups in total. The summed E-state index contributed by atoms with van der Waals surface area (Å²) in [5, 5.41) is 6.67. The molecule has 1 amide bonds. The molecule has 0 spiro atoms. The molecule has 4 rings (SSSR count). The molecule has 242 valence electrons. The Balaban J connectivity index is 1.70. The van der Waals surface area contributed by atoms with Crippen molar-refractivity contribution < 1.29 is 4.79 Å². The normalized spacial score (nSPS) is 14.4. The van der Waals surface area contributed by atoms with Gasteiger partial charge in [-0.05, 0) is 95.8 Å². The van der Waals surface area contributed by atoms with Crippen molar-refractivity contribution in [2.24, 2.45) is 0 Å². The lowest BCUT2D eigenvalue weighted by atomic mass is 9.95. The van der Waals surface area contributed by atoms with Crippen LogP contribution >= 0.6 is 0 Å². The van der Waals surface area contributed by atoms with E-state index < -0.39 is 0 Å². The fourth-order valence-corrected chi connectivity index (χ4v) is 5.89. The molecule has 0 unspecified atom stereocenters. The molecule has 0 aliphatic carbocycles. The van der Waals surface area contributed by atoms with Crippen molar-refractivity contribution in [3.63, 3.8) is 0 Å². The molecule has 1 aromatic carbocycles. The van der Waals surface area contributed by atoms with Crippen LogP contribution in [0.25, 0.3) is 17.2 Å². The van der Waals surface area contributed by atoms with E-state index in [2.05, 4.69) is 98.2 Å². The monoisotopic (exact) mass is 612 g/mol. The number of pyridine rings is 2. The molecule has 0 radical (unpaired) electrons. The van der Waals surface area contributed by atoms with Crippen molar-refractivity contribution >= 4 is 23.5 Å². The first-order valence-electron chi connectivity index (χ1n) is 16.6. The number of anilines is 2. The van der Waals surface area contributed by atoms with Gasteiger partial charge >= 0.3 is 0 Å². The number of amides is 1. The summed E-state index contributed by atoms with van der Waals surface area (Å²) in [7, 11) is 0. The molecule has 1 aliphatic rings. The predicted molar refractivity (Wildman–Crippen MR) is 188 cm³/mol. The summed E-state index contributed by atoms with van der Waals surface area (Å²) in [6, 6.07) is 11.0. The van der Waals surface area contributed by atoms with E-state index in [1.807, 2.05) is 25.3 Å². The number of carbonyl (C=O) groups excluding carboxylic acids is 1. The van der Waals surface area contributed by atoms with E-state index >= 15 is 0 Å². The van der Waals surface area contributed by atoms with E-state index in [4.69, 9.17) is 4.98 Å². The SMILES string of the molecule is CCCc1cc(C)[nH]c(=O)c1CNC(=O)c1cc(-c2ccc(N3CCN(C(C)C)CC3)nc2)cc(NC(C)C)c1C=C(C)CC. The largest absolute Gasteiger partial charge is 0.382 e. The zero-order valence-electron chi connectivity index (χ0n) is 28.5. The number of carbonyl (C=O) groups is 1. The topological polar surface area (TPSA) is 93.4 Å². The van der Waals surface area contributed by atoms with Gasteiger partial charge in [-0.3, -0.25) is 14.5 Å². The molecule has 1 aliphatic heterocycles. The summed E-state index contributed by atoms with van der Waals surface area (Å²) < 4.78 is 0. The summed E-state index contributed by atoms with van der Waals surface area (Å²) in [4.78, 5) is 39.5. The number of rotatable bonds is 12. The molecule has 8 heteroatoms. The van der Waals surface area contributed by atoms with E-state index in [0.717, 1.165) is 84.9 Å². The summed E-state index contributed by atoms with van der Waals surface area (Å²) >= 11 is 0. The zero-order chi connectivity index (χ0) is 32.7. The van der Waals surface area contributed by atoms with Gasteiger partial charge in [0.15, 0.2) is 0 Å². The van der Waals surface area contributed by atoms with Gasteiger partial charge in [-0.15, -0.1) is 0 Å². The number of nitrogens with one attached hydrogen (secondary N) is 3. The maximum atomic E-state index is 14.0. The molecule has 0 bridgehead atoms. The first-order valence-corrected chi connectivity index (χ1v) is 16.6. The van der Waals surface area contributed by atoms with E-state index in [1.54, 1.807) is 0 Å². The summed E-state index contributed by atoms with van der Waals surface area (Å²) in [5.74, 6) is 0.763. The van der Waals surface area contributed by atoms with Gasteiger partial charge in [-0.2, -0.15) is 0 Å². The van der Waals surface area contributed by atoms with E-state index in [-0.39, 0.29) is 24.1 Å². The van der Waals surface area contributed by atoms with Crippen molar-refractivity contribution in [2.45, 2.75) is 93.3 Å². The summed E-state index contributed by atoms with van der Waals surface area (Å²) in [6.07, 6.45) is 6.59. The third kappa shape index (κ3) is 8.63. The second kappa shape index (κ2) is 15.4. The number of piperazine rings is 1. The highest BCUT2D eigenvalue weighted by atomic mass is 16.1. The first kappa shape index (κ1) is 34.0. The minimum absolute atomic E-state index is 0.145. The molecular formula is C37H52N6O2. The fraction of sp³-hybridized carbons (Fsp3) is 0.486. The van der Waals surface area contributed by atoms with Crippen LogP contribution in [0.3, 0.4) is 0 Å². The number of aryl methyl sites for hydroxylation is 2. The van der Waals surface area contributed by atoms with Gasteiger partial charge in [0.2, 0.25) is 0 Å². The minimum Gasteiger partial charge on any atom is -0.382 e. The van der Waals surface area contributed by atoms with Crippen molar-refractivity contribution in [1.82, 2.24) is 20.2 Å². The van der Waals surface area contributed by atoms with Crippen LogP contribution in [0, 0.1) is 6.92 Å². The first-order chi connectivity index (χ1) is 21.5. The Hall–Kier alpha value is -3.91. The van der Waals surface area contributed by atoms with Gasteiger partial charge in [-0.25, -0.2) is 4.98 Å². The van der Waals surface area contributed by atoms with Crippen molar-refractivity contribution in [2.75, 3.05) is 36.4 Å². The van der Waals surface area contributed by atoms with Crippen LogP contribution in [0.4, 0.5) is 11.5 Å². The van der Waals surface area contributed by atoms with E-state index in [1.165, 1.54) is 5.57 Å². The molecular weight excluding hydrogens is 560 g/mol. The van der Waals surface area contributed by atoms with E-state index in [9.17, 15) is 9.59 Å². The number of H-pyrrole nitrogens is 1. The molecule has 8 nitrogen and oxygen atoms in total. The van der Waals surface area contributed by atoms with Gasteiger partial charge in [-0.1, -0.05) is 31.9 Å². The number of hydrogen-bond donors (Lipinski definition) is 3. The van der Waals surface area contributed by atoms with Gasteiger partial charge < -0.3 is 20.5 Å². The number of nitrogens with zero attached hydrogens (tertiary/aromatic N) is 3. The molecule has 0 atom stereocenters. The molecule has 3 aromatic rings. The Labute approximate surface area is 269 Å². The Kier molecular flexibility index (Phi) is 11.6. The summed E-state index contributed by atoms with van der Waals surface area (Å²) in [6.45, 7) is 21.0. The Morgan fingerprint density at radius 1 is 1.04 bits per heavy atom. The van der Waals surface area contributed by atoms with Crippen molar-refractivity contribution in [3.8, 4) is 11.1 Å². The lowest BCUT2D eigenvalue weighted by Gasteiger charge is -2.37. The molecule has 0 saturated carbocycles. The minimum atomic E-state index is -0.214. The van der Waals surface area contributed by atoms with Gasteiger partial charge in [0.1, 0.15) is 5.82 Å². The molecule has 2 aromatic heterocycles. The third-order valence-electron chi connectivity index (χ3n) is 8.58.